The lowest BCUT2D eigenvalue weighted by Crippen LogP contribution is -2.41. The molecule has 0 aromatic carbocycles. The van der Waals surface area contributed by atoms with Gasteiger partial charge in [0, 0.05) is 37.7 Å². The Labute approximate surface area is 128 Å². The molecule has 0 saturated carbocycles. The predicted molar refractivity (Wildman–Crippen MR) is 79.0 cm³/mol. The number of pyridine rings is 1. The number of hydrogen-bond donors (Lipinski definition) is 0. The average Bonchev–Trinajstić information content (AvgIpc) is 2.97. The van der Waals surface area contributed by atoms with Crippen LogP contribution in [0.4, 0.5) is 0 Å². The quantitative estimate of drug-likeness (QED) is 0.854. The molecule has 0 fully saturated rings. The van der Waals surface area contributed by atoms with Gasteiger partial charge in [-0.3, -0.25) is 9.78 Å². The first-order valence-corrected chi connectivity index (χ1v) is 7.43. The summed E-state index contributed by atoms with van der Waals surface area (Å²) in [5.74, 6) is 1.62. The Kier molecular flexibility index (Phi) is 4.15. The van der Waals surface area contributed by atoms with E-state index in [4.69, 9.17) is 4.74 Å². The van der Waals surface area contributed by atoms with E-state index in [-0.39, 0.29) is 11.9 Å². The molecule has 0 radical (unpaired) electrons. The highest BCUT2D eigenvalue weighted by atomic mass is 16.5. The molecule has 3 heterocycles. The van der Waals surface area contributed by atoms with E-state index in [1.54, 1.807) is 24.5 Å². The molecule has 7 heteroatoms. The molecule has 0 saturated heterocycles. The Balaban J connectivity index is 1.81. The molecule has 0 aliphatic carbocycles. The third-order valence-corrected chi connectivity index (χ3v) is 3.89. The topological polar surface area (TPSA) is 73.1 Å². The Hall–Kier alpha value is -2.28. The number of aromatic nitrogens is 4. The van der Waals surface area contributed by atoms with Crippen LogP contribution in [0, 0.1) is 0 Å². The zero-order chi connectivity index (χ0) is 15.5. The van der Waals surface area contributed by atoms with Crippen molar-refractivity contribution < 1.29 is 9.53 Å². The third-order valence-electron chi connectivity index (χ3n) is 3.89. The first kappa shape index (κ1) is 14.6. The van der Waals surface area contributed by atoms with Crippen LogP contribution in [0.2, 0.25) is 0 Å². The molecule has 0 N–H and O–H groups in total. The summed E-state index contributed by atoms with van der Waals surface area (Å²) < 4.78 is 7.46. The Morgan fingerprint density at radius 2 is 2.09 bits per heavy atom. The molecule has 2 aromatic heterocycles. The molecule has 22 heavy (non-hydrogen) atoms. The number of ether oxygens (including phenoxy) is 1. The molecule has 1 atom stereocenters. The minimum atomic E-state index is -0.114. The summed E-state index contributed by atoms with van der Waals surface area (Å²) in [6, 6.07) is 3.35. The fraction of sp³-hybridized carbons (Fsp3) is 0.467. The minimum absolute atomic E-state index is 0.00416. The molecular weight excluding hydrogens is 282 g/mol. The SMILES string of the molecule is CCOCc1nnc2n1CCN(C(=O)c1ccncc1)[C@@H]2C. The molecule has 1 aliphatic rings. The highest BCUT2D eigenvalue weighted by Crippen LogP contribution is 2.26. The van der Waals surface area contributed by atoms with Crippen molar-refractivity contribution in [2.45, 2.75) is 33.0 Å². The second-order valence-corrected chi connectivity index (χ2v) is 5.17. The Bertz CT molecular complexity index is 655. The maximum Gasteiger partial charge on any atom is 0.254 e. The number of nitrogens with zero attached hydrogens (tertiary/aromatic N) is 5. The average molecular weight is 301 g/mol. The second-order valence-electron chi connectivity index (χ2n) is 5.17. The van der Waals surface area contributed by atoms with Crippen LogP contribution < -0.4 is 0 Å². The molecule has 1 amide bonds. The second kappa shape index (κ2) is 6.23. The van der Waals surface area contributed by atoms with Gasteiger partial charge >= 0.3 is 0 Å². The molecule has 3 rings (SSSR count). The van der Waals surface area contributed by atoms with Crippen molar-refractivity contribution in [3.05, 3.63) is 41.7 Å². The van der Waals surface area contributed by atoms with E-state index in [0.29, 0.717) is 31.9 Å². The van der Waals surface area contributed by atoms with Gasteiger partial charge in [-0.15, -0.1) is 10.2 Å². The maximum absolute atomic E-state index is 12.6. The largest absolute Gasteiger partial charge is 0.374 e. The lowest BCUT2D eigenvalue weighted by atomic mass is 10.1. The molecule has 1 aliphatic heterocycles. The maximum atomic E-state index is 12.6. The van der Waals surface area contributed by atoms with Crippen LogP contribution in [-0.4, -0.2) is 43.7 Å². The zero-order valence-electron chi connectivity index (χ0n) is 12.8. The van der Waals surface area contributed by atoms with E-state index in [1.165, 1.54) is 0 Å². The van der Waals surface area contributed by atoms with Gasteiger partial charge in [0.05, 0.1) is 6.04 Å². The smallest absolute Gasteiger partial charge is 0.254 e. The van der Waals surface area contributed by atoms with Gasteiger partial charge < -0.3 is 14.2 Å². The van der Waals surface area contributed by atoms with Crippen molar-refractivity contribution in [3.8, 4) is 0 Å². The summed E-state index contributed by atoms with van der Waals surface area (Å²) in [7, 11) is 0. The molecule has 0 unspecified atom stereocenters. The van der Waals surface area contributed by atoms with E-state index < -0.39 is 0 Å². The summed E-state index contributed by atoms with van der Waals surface area (Å²) in [4.78, 5) is 18.4. The number of carbonyl (C=O) groups is 1. The molecule has 2 aromatic rings. The van der Waals surface area contributed by atoms with Gasteiger partial charge in [-0.05, 0) is 26.0 Å². The van der Waals surface area contributed by atoms with Crippen molar-refractivity contribution in [3.63, 3.8) is 0 Å². The van der Waals surface area contributed by atoms with E-state index in [1.807, 2.05) is 18.7 Å². The van der Waals surface area contributed by atoms with Crippen LogP contribution in [0.1, 0.15) is 41.9 Å². The Morgan fingerprint density at radius 3 is 2.82 bits per heavy atom. The minimum Gasteiger partial charge on any atom is -0.374 e. The molecule has 7 nitrogen and oxygen atoms in total. The van der Waals surface area contributed by atoms with Crippen molar-refractivity contribution in [2.75, 3.05) is 13.2 Å². The molecule has 0 spiro atoms. The first-order valence-electron chi connectivity index (χ1n) is 7.43. The fourth-order valence-electron chi connectivity index (χ4n) is 2.68. The van der Waals surface area contributed by atoms with Gasteiger partial charge in [0.25, 0.3) is 5.91 Å². The number of fused-ring (bicyclic) bond motifs is 1. The van der Waals surface area contributed by atoms with E-state index >= 15 is 0 Å². The van der Waals surface area contributed by atoms with Crippen LogP contribution in [0.15, 0.2) is 24.5 Å². The van der Waals surface area contributed by atoms with Gasteiger partial charge in [0.2, 0.25) is 0 Å². The van der Waals surface area contributed by atoms with Crippen molar-refractivity contribution in [1.29, 1.82) is 0 Å². The van der Waals surface area contributed by atoms with Gasteiger partial charge in [-0.1, -0.05) is 0 Å². The summed E-state index contributed by atoms with van der Waals surface area (Å²) in [5, 5.41) is 8.44. The summed E-state index contributed by atoms with van der Waals surface area (Å²) in [6.07, 6.45) is 3.26. The summed E-state index contributed by atoms with van der Waals surface area (Å²) >= 11 is 0. The number of hydrogen-bond acceptors (Lipinski definition) is 5. The predicted octanol–water partition coefficient (Wildman–Crippen LogP) is 1.43. The van der Waals surface area contributed by atoms with Crippen LogP contribution in [0.3, 0.4) is 0 Å². The van der Waals surface area contributed by atoms with E-state index in [9.17, 15) is 4.79 Å². The van der Waals surface area contributed by atoms with Gasteiger partial charge in [0.15, 0.2) is 11.6 Å². The van der Waals surface area contributed by atoms with E-state index in [0.717, 1.165) is 11.6 Å². The normalized spacial score (nSPS) is 17.4. The Morgan fingerprint density at radius 1 is 1.32 bits per heavy atom. The van der Waals surface area contributed by atoms with Gasteiger partial charge in [0.1, 0.15) is 6.61 Å². The summed E-state index contributed by atoms with van der Waals surface area (Å²) in [5.41, 5.74) is 0.643. The van der Waals surface area contributed by atoms with Crippen LogP contribution in [-0.2, 0) is 17.9 Å². The number of amides is 1. The molecule has 0 bridgehead atoms. The van der Waals surface area contributed by atoms with Crippen LogP contribution >= 0.6 is 0 Å². The number of carbonyl (C=O) groups excluding carboxylic acids is 1. The monoisotopic (exact) mass is 301 g/mol. The highest BCUT2D eigenvalue weighted by molar-refractivity contribution is 5.94. The lowest BCUT2D eigenvalue weighted by molar-refractivity contribution is 0.0629. The lowest BCUT2D eigenvalue weighted by Gasteiger charge is -2.33. The number of rotatable bonds is 4. The summed E-state index contributed by atoms with van der Waals surface area (Å²) in [6.45, 7) is 6.34. The first-order chi connectivity index (χ1) is 10.7. The third kappa shape index (κ3) is 2.59. The fourth-order valence-corrected chi connectivity index (χ4v) is 2.68. The standard InChI is InChI=1S/C15H19N5O2/c1-3-22-10-13-17-18-14-11(2)19(8-9-20(13)14)15(21)12-4-6-16-7-5-12/h4-7,11H,3,8-10H2,1-2H3/t11-/m1/s1. The van der Waals surface area contributed by atoms with Crippen molar-refractivity contribution in [1.82, 2.24) is 24.6 Å². The highest BCUT2D eigenvalue weighted by Gasteiger charge is 2.31. The van der Waals surface area contributed by atoms with Crippen molar-refractivity contribution in [2.24, 2.45) is 0 Å². The van der Waals surface area contributed by atoms with Gasteiger partial charge in [-0.2, -0.15) is 0 Å². The van der Waals surface area contributed by atoms with Gasteiger partial charge in [-0.25, -0.2) is 0 Å². The van der Waals surface area contributed by atoms with E-state index in [2.05, 4.69) is 19.7 Å². The molecular formula is C15H19N5O2. The zero-order valence-corrected chi connectivity index (χ0v) is 12.8. The van der Waals surface area contributed by atoms with Crippen molar-refractivity contribution >= 4 is 5.91 Å². The van der Waals surface area contributed by atoms with Crippen LogP contribution in [0.25, 0.3) is 0 Å². The molecule has 116 valence electrons. The van der Waals surface area contributed by atoms with Crippen LogP contribution in [0.5, 0.6) is 0 Å².